The molecule has 0 fully saturated rings. The minimum atomic E-state index is -0.270. The largest absolute Gasteiger partial charge is 0.484 e. The molecular formula is C14H8BrCl3O2. The van der Waals surface area contributed by atoms with Crippen LogP contribution in [0.25, 0.3) is 0 Å². The van der Waals surface area contributed by atoms with Crippen molar-refractivity contribution in [2.24, 2.45) is 0 Å². The first kappa shape index (κ1) is 15.6. The summed E-state index contributed by atoms with van der Waals surface area (Å²) < 4.78 is 6.23. The van der Waals surface area contributed by atoms with E-state index in [1.165, 1.54) is 6.07 Å². The second kappa shape index (κ2) is 6.81. The fraction of sp³-hybridized carbons (Fsp3) is 0.0714. The molecule has 0 aliphatic heterocycles. The van der Waals surface area contributed by atoms with Gasteiger partial charge in [-0.1, -0.05) is 50.7 Å². The molecule has 20 heavy (non-hydrogen) atoms. The number of carbonyl (C=O) groups excluding carboxylic acids is 1. The highest BCUT2D eigenvalue weighted by Crippen LogP contribution is 2.28. The summed E-state index contributed by atoms with van der Waals surface area (Å²) in [6.45, 7) is -0.170. The van der Waals surface area contributed by atoms with Crippen LogP contribution >= 0.6 is 50.7 Å². The molecule has 0 unspecified atom stereocenters. The zero-order chi connectivity index (χ0) is 14.7. The molecule has 0 amide bonds. The summed E-state index contributed by atoms with van der Waals surface area (Å²) in [4.78, 5) is 12.1. The number of rotatable bonds is 4. The van der Waals surface area contributed by atoms with Gasteiger partial charge in [0.1, 0.15) is 5.75 Å². The second-order valence-electron chi connectivity index (χ2n) is 3.91. The van der Waals surface area contributed by atoms with Gasteiger partial charge in [0, 0.05) is 15.1 Å². The predicted molar refractivity (Wildman–Crippen MR) is 85.4 cm³/mol. The van der Waals surface area contributed by atoms with Gasteiger partial charge in [0.05, 0.1) is 10.0 Å². The fourth-order valence-corrected chi connectivity index (χ4v) is 2.43. The van der Waals surface area contributed by atoms with Crippen molar-refractivity contribution in [1.29, 1.82) is 0 Å². The Balaban J connectivity index is 2.12. The summed E-state index contributed by atoms with van der Waals surface area (Å²) in [5.74, 6) is 0.154. The van der Waals surface area contributed by atoms with Crippen molar-refractivity contribution in [3.63, 3.8) is 0 Å². The van der Waals surface area contributed by atoms with Crippen LogP contribution in [0.15, 0.2) is 40.9 Å². The van der Waals surface area contributed by atoms with E-state index in [0.717, 1.165) is 4.47 Å². The molecule has 104 valence electrons. The number of Topliss-reactive ketones (excluding diaryl/α,β-unsaturated/α-hetero) is 1. The molecule has 0 atom stereocenters. The van der Waals surface area contributed by atoms with Gasteiger partial charge in [0.2, 0.25) is 5.78 Å². The van der Waals surface area contributed by atoms with Crippen molar-refractivity contribution in [3.05, 3.63) is 61.5 Å². The summed E-state index contributed by atoms with van der Waals surface area (Å²) in [7, 11) is 0. The van der Waals surface area contributed by atoms with Crippen molar-refractivity contribution in [3.8, 4) is 5.75 Å². The third kappa shape index (κ3) is 3.89. The van der Waals surface area contributed by atoms with Gasteiger partial charge in [-0.2, -0.15) is 0 Å². The summed E-state index contributed by atoms with van der Waals surface area (Å²) in [5, 5.41) is 1.21. The van der Waals surface area contributed by atoms with E-state index in [4.69, 9.17) is 39.5 Å². The molecule has 0 spiro atoms. The number of carbonyl (C=O) groups is 1. The van der Waals surface area contributed by atoms with Gasteiger partial charge in [0.15, 0.2) is 6.61 Å². The van der Waals surface area contributed by atoms with Gasteiger partial charge >= 0.3 is 0 Å². The lowest BCUT2D eigenvalue weighted by atomic mass is 10.1. The number of ketones is 1. The Kier molecular flexibility index (Phi) is 5.33. The molecule has 0 saturated carbocycles. The van der Waals surface area contributed by atoms with Crippen LogP contribution in [0.4, 0.5) is 0 Å². The van der Waals surface area contributed by atoms with E-state index >= 15 is 0 Å². The number of hydrogen-bond acceptors (Lipinski definition) is 2. The molecule has 0 saturated heterocycles. The average Bonchev–Trinajstić information content (AvgIpc) is 2.42. The van der Waals surface area contributed by atoms with Crippen molar-refractivity contribution >= 4 is 56.5 Å². The van der Waals surface area contributed by atoms with Gasteiger partial charge < -0.3 is 4.74 Å². The monoisotopic (exact) mass is 392 g/mol. The van der Waals surface area contributed by atoms with E-state index in [0.29, 0.717) is 26.4 Å². The number of benzene rings is 2. The number of hydrogen-bond donors (Lipinski definition) is 0. The maximum atomic E-state index is 12.1. The van der Waals surface area contributed by atoms with Crippen molar-refractivity contribution in [1.82, 2.24) is 0 Å². The van der Waals surface area contributed by atoms with Gasteiger partial charge in [-0.3, -0.25) is 4.79 Å². The SMILES string of the molecule is O=C(COc1cc(Br)ccc1Cl)c1cc(Cl)ccc1Cl. The lowest BCUT2D eigenvalue weighted by Crippen LogP contribution is -2.12. The Morgan fingerprint density at radius 1 is 1.05 bits per heavy atom. The third-order valence-electron chi connectivity index (χ3n) is 2.48. The molecule has 0 radical (unpaired) electrons. The van der Waals surface area contributed by atoms with Gasteiger partial charge in [-0.05, 0) is 36.4 Å². The Labute approximate surface area is 139 Å². The van der Waals surface area contributed by atoms with E-state index in [1.807, 2.05) is 0 Å². The zero-order valence-electron chi connectivity index (χ0n) is 10.00. The van der Waals surface area contributed by atoms with E-state index < -0.39 is 0 Å². The van der Waals surface area contributed by atoms with Crippen molar-refractivity contribution in [2.45, 2.75) is 0 Å². The molecule has 0 aliphatic carbocycles. The van der Waals surface area contributed by atoms with Gasteiger partial charge in [0.25, 0.3) is 0 Å². The molecule has 2 aromatic carbocycles. The summed E-state index contributed by atoms with van der Waals surface area (Å²) in [6, 6.07) is 9.85. The first-order valence-electron chi connectivity index (χ1n) is 5.53. The lowest BCUT2D eigenvalue weighted by Gasteiger charge is -2.09. The Hall–Kier alpha value is -0.740. The predicted octanol–water partition coefficient (Wildman–Crippen LogP) is 5.67. The number of ether oxygens (including phenoxy) is 1. The van der Waals surface area contributed by atoms with Crippen molar-refractivity contribution < 1.29 is 9.53 Å². The average molecular weight is 394 g/mol. The van der Waals surface area contributed by atoms with E-state index in [9.17, 15) is 4.79 Å². The smallest absolute Gasteiger partial charge is 0.201 e. The van der Waals surface area contributed by atoms with Crippen LogP contribution < -0.4 is 4.74 Å². The van der Waals surface area contributed by atoms with Crippen LogP contribution in [0.1, 0.15) is 10.4 Å². The topological polar surface area (TPSA) is 26.3 Å². The van der Waals surface area contributed by atoms with E-state index in [1.54, 1.807) is 30.3 Å². The fourth-order valence-electron chi connectivity index (χ4n) is 1.52. The number of halogens is 4. The molecule has 0 N–H and O–H groups in total. The highest BCUT2D eigenvalue weighted by Gasteiger charge is 2.13. The van der Waals surface area contributed by atoms with E-state index in [2.05, 4.69) is 15.9 Å². The molecule has 0 bridgehead atoms. The molecular weight excluding hydrogens is 386 g/mol. The van der Waals surface area contributed by atoms with E-state index in [-0.39, 0.29) is 12.4 Å². The van der Waals surface area contributed by atoms with Crippen LogP contribution in [0.2, 0.25) is 15.1 Å². The zero-order valence-corrected chi connectivity index (χ0v) is 13.9. The van der Waals surface area contributed by atoms with Crippen LogP contribution in [0, 0.1) is 0 Å². The summed E-state index contributed by atoms with van der Waals surface area (Å²) in [6.07, 6.45) is 0. The molecule has 0 heterocycles. The van der Waals surface area contributed by atoms with Gasteiger partial charge in [-0.15, -0.1) is 0 Å². The standard InChI is InChI=1S/C14H8BrCl3O2/c15-8-1-3-12(18)14(5-8)20-7-13(19)10-6-9(16)2-4-11(10)17/h1-6H,7H2. The molecule has 2 rings (SSSR count). The Bertz CT molecular complexity index is 659. The molecule has 0 aliphatic rings. The summed E-state index contributed by atoms with van der Waals surface area (Å²) in [5.41, 5.74) is 0.324. The molecule has 2 nitrogen and oxygen atoms in total. The van der Waals surface area contributed by atoms with Crippen LogP contribution in [0.5, 0.6) is 5.75 Å². The maximum absolute atomic E-state index is 12.1. The molecule has 2 aromatic rings. The first-order chi connectivity index (χ1) is 9.47. The lowest BCUT2D eigenvalue weighted by molar-refractivity contribution is 0.0921. The Morgan fingerprint density at radius 2 is 1.75 bits per heavy atom. The van der Waals surface area contributed by atoms with Crippen molar-refractivity contribution in [2.75, 3.05) is 6.61 Å². The minimum Gasteiger partial charge on any atom is -0.484 e. The minimum absolute atomic E-state index is 0.170. The third-order valence-corrected chi connectivity index (χ3v) is 3.85. The molecule has 6 heteroatoms. The Morgan fingerprint density at radius 3 is 2.50 bits per heavy atom. The maximum Gasteiger partial charge on any atom is 0.201 e. The van der Waals surface area contributed by atoms with Crippen LogP contribution in [0.3, 0.4) is 0 Å². The summed E-state index contributed by atoms with van der Waals surface area (Å²) >= 11 is 21.1. The normalized spacial score (nSPS) is 10.4. The van der Waals surface area contributed by atoms with Crippen LogP contribution in [-0.4, -0.2) is 12.4 Å². The highest BCUT2D eigenvalue weighted by atomic mass is 79.9. The highest BCUT2D eigenvalue weighted by molar-refractivity contribution is 9.10. The van der Waals surface area contributed by atoms with Crippen LogP contribution in [-0.2, 0) is 0 Å². The first-order valence-corrected chi connectivity index (χ1v) is 7.46. The quantitative estimate of drug-likeness (QED) is 0.625. The second-order valence-corrected chi connectivity index (χ2v) is 6.08. The van der Waals surface area contributed by atoms with Gasteiger partial charge in [-0.25, -0.2) is 0 Å². The molecule has 0 aromatic heterocycles.